The van der Waals surface area contributed by atoms with Crippen LogP contribution in [0.1, 0.15) is 6.92 Å². The van der Waals surface area contributed by atoms with Crippen molar-refractivity contribution in [1.29, 1.82) is 0 Å². The van der Waals surface area contributed by atoms with E-state index in [0.29, 0.717) is 12.4 Å². The molecule has 1 amide bonds. The molecule has 0 atom stereocenters. The summed E-state index contributed by atoms with van der Waals surface area (Å²) >= 11 is 1.48. The third-order valence-corrected chi connectivity index (χ3v) is 10.8. The van der Waals surface area contributed by atoms with Crippen molar-refractivity contribution in [1.82, 2.24) is 4.31 Å². The Morgan fingerprint density at radius 3 is 2.21 bits per heavy atom. The van der Waals surface area contributed by atoms with E-state index in [1.807, 2.05) is 13.2 Å². The van der Waals surface area contributed by atoms with Crippen LogP contribution in [0.5, 0.6) is 11.5 Å². The number of morpholine rings is 1. The summed E-state index contributed by atoms with van der Waals surface area (Å²) in [5, 5.41) is 2.64. The van der Waals surface area contributed by atoms with Crippen LogP contribution in [-0.4, -0.2) is 79.9 Å². The molecule has 226 valence electrons. The van der Waals surface area contributed by atoms with Gasteiger partial charge in [-0.1, -0.05) is 0 Å². The zero-order valence-electron chi connectivity index (χ0n) is 23.5. The van der Waals surface area contributed by atoms with Crippen molar-refractivity contribution in [3.05, 3.63) is 66.7 Å². The molecule has 1 saturated heterocycles. The molecule has 14 heteroatoms. The predicted molar refractivity (Wildman–Crippen MR) is 162 cm³/mol. The second-order valence-electron chi connectivity index (χ2n) is 9.04. The number of thioether (sulfide) groups is 1. The summed E-state index contributed by atoms with van der Waals surface area (Å²) in [6.45, 7) is 2.68. The van der Waals surface area contributed by atoms with Gasteiger partial charge in [0, 0.05) is 18.0 Å². The molecule has 1 aliphatic heterocycles. The Labute approximate surface area is 250 Å². The van der Waals surface area contributed by atoms with Gasteiger partial charge in [0.25, 0.3) is 10.0 Å². The van der Waals surface area contributed by atoms with E-state index >= 15 is 0 Å². The first-order valence-electron chi connectivity index (χ1n) is 13.1. The largest absolute Gasteiger partial charge is 0.495 e. The highest BCUT2D eigenvalue weighted by molar-refractivity contribution is 7.98. The van der Waals surface area contributed by atoms with Gasteiger partial charge in [0.2, 0.25) is 15.9 Å². The van der Waals surface area contributed by atoms with Crippen LogP contribution in [0, 0.1) is 0 Å². The number of benzene rings is 3. The number of anilines is 2. The lowest BCUT2D eigenvalue weighted by molar-refractivity contribution is -0.114. The summed E-state index contributed by atoms with van der Waals surface area (Å²) in [6, 6.07) is 16.9. The van der Waals surface area contributed by atoms with Crippen LogP contribution in [0.3, 0.4) is 0 Å². The van der Waals surface area contributed by atoms with Crippen molar-refractivity contribution in [3.63, 3.8) is 0 Å². The van der Waals surface area contributed by atoms with Crippen LogP contribution in [0.25, 0.3) is 0 Å². The second-order valence-corrected chi connectivity index (χ2v) is 13.7. The first kappa shape index (κ1) is 31.6. The molecule has 0 saturated carbocycles. The standard InChI is InChI=1S/C28H33N3O8S3/c1-4-39-22-7-5-21(6-8-22)31(42(35,36)24-11-9-23(40-3)10-12-24)20-28(32)29-26-19-25(13-14-27(26)37-2)41(33,34)30-15-17-38-18-16-30/h5-14,19H,4,15-18,20H2,1-3H3,(H,29,32). The summed E-state index contributed by atoms with van der Waals surface area (Å²) in [6.07, 6.45) is 1.88. The number of ether oxygens (including phenoxy) is 3. The van der Waals surface area contributed by atoms with Crippen molar-refractivity contribution in [2.45, 2.75) is 21.6 Å². The number of carbonyl (C=O) groups is 1. The summed E-state index contributed by atoms with van der Waals surface area (Å²) in [4.78, 5) is 14.3. The minimum absolute atomic E-state index is 0.0122. The highest BCUT2D eigenvalue weighted by Crippen LogP contribution is 2.31. The maximum atomic E-state index is 13.8. The SMILES string of the molecule is CCOc1ccc(N(CC(=O)Nc2cc(S(=O)(=O)N3CCOCC3)ccc2OC)S(=O)(=O)c2ccc(SC)cc2)cc1. The lowest BCUT2D eigenvalue weighted by atomic mass is 10.2. The average Bonchev–Trinajstić information content (AvgIpc) is 3.01. The molecule has 42 heavy (non-hydrogen) atoms. The average molecular weight is 636 g/mol. The van der Waals surface area contributed by atoms with Gasteiger partial charge in [0.15, 0.2) is 0 Å². The van der Waals surface area contributed by atoms with Gasteiger partial charge in [0.05, 0.1) is 48.1 Å². The third-order valence-electron chi connectivity index (χ3n) is 6.42. The van der Waals surface area contributed by atoms with E-state index in [1.165, 1.54) is 53.5 Å². The Kier molecular flexibility index (Phi) is 10.4. The van der Waals surface area contributed by atoms with Crippen molar-refractivity contribution < 1.29 is 35.8 Å². The van der Waals surface area contributed by atoms with E-state index in [0.717, 1.165) is 9.20 Å². The smallest absolute Gasteiger partial charge is 0.264 e. The summed E-state index contributed by atoms with van der Waals surface area (Å²) in [7, 11) is -6.65. The molecule has 1 N–H and O–H groups in total. The number of nitrogens with zero attached hydrogens (tertiary/aromatic N) is 2. The molecule has 1 heterocycles. The fraction of sp³-hybridized carbons (Fsp3) is 0.321. The van der Waals surface area contributed by atoms with E-state index in [9.17, 15) is 21.6 Å². The quantitative estimate of drug-likeness (QED) is 0.296. The molecule has 0 unspecified atom stereocenters. The van der Waals surface area contributed by atoms with Gasteiger partial charge < -0.3 is 19.5 Å². The number of carbonyl (C=O) groups excluding carboxylic acids is 1. The molecular formula is C28H33N3O8S3. The Balaban J connectivity index is 1.65. The highest BCUT2D eigenvalue weighted by atomic mass is 32.2. The third kappa shape index (κ3) is 7.18. The number of rotatable bonds is 12. The van der Waals surface area contributed by atoms with Gasteiger partial charge in [-0.2, -0.15) is 4.31 Å². The molecule has 1 aliphatic rings. The zero-order chi connectivity index (χ0) is 30.3. The lowest BCUT2D eigenvalue weighted by Crippen LogP contribution is -2.40. The summed E-state index contributed by atoms with van der Waals surface area (Å²) < 4.78 is 72.4. The van der Waals surface area contributed by atoms with E-state index in [1.54, 1.807) is 36.4 Å². The van der Waals surface area contributed by atoms with Crippen molar-refractivity contribution in [3.8, 4) is 11.5 Å². The van der Waals surface area contributed by atoms with Crippen molar-refractivity contribution >= 4 is 49.1 Å². The van der Waals surface area contributed by atoms with Gasteiger partial charge in [-0.25, -0.2) is 16.8 Å². The van der Waals surface area contributed by atoms with Gasteiger partial charge in [0.1, 0.15) is 18.0 Å². The normalized spacial score (nSPS) is 14.3. The number of amides is 1. The zero-order valence-corrected chi connectivity index (χ0v) is 25.9. The molecule has 4 rings (SSSR count). The fourth-order valence-electron chi connectivity index (χ4n) is 4.27. The Morgan fingerprint density at radius 1 is 0.976 bits per heavy atom. The molecule has 3 aromatic carbocycles. The highest BCUT2D eigenvalue weighted by Gasteiger charge is 2.30. The van der Waals surface area contributed by atoms with Crippen molar-refractivity contribution in [2.75, 3.05) is 62.4 Å². The Morgan fingerprint density at radius 2 is 1.62 bits per heavy atom. The van der Waals surface area contributed by atoms with Crippen LogP contribution in [0.15, 0.2) is 81.4 Å². The van der Waals surface area contributed by atoms with Crippen molar-refractivity contribution in [2.24, 2.45) is 0 Å². The van der Waals surface area contributed by atoms with Crippen LogP contribution >= 0.6 is 11.8 Å². The predicted octanol–water partition coefficient (Wildman–Crippen LogP) is 3.67. The minimum Gasteiger partial charge on any atom is -0.495 e. The first-order valence-corrected chi connectivity index (χ1v) is 17.2. The molecule has 11 nitrogen and oxygen atoms in total. The van der Waals surface area contributed by atoms with Gasteiger partial charge >= 0.3 is 0 Å². The first-order chi connectivity index (χ1) is 20.1. The number of hydrogen-bond acceptors (Lipinski definition) is 9. The maximum Gasteiger partial charge on any atom is 0.264 e. The summed E-state index contributed by atoms with van der Waals surface area (Å²) in [5.74, 6) is 0.0650. The topological polar surface area (TPSA) is 132 Å². The molecule has 0 radical (unpaired) electrons. The number of sulfonamides is 2. The van der Waals surface area contributed by atoms with Gasteiger partial charge in [-0.15, -0.1) is 11.8 Å². The molecule has 3 aromatic rings. The second kappa shape index (κ2) is 13.8. The van der Waals surface area contributed by atoms with Crippen LogP contribution in [0.4, 0.5) is 11.4 Å². The van der Waals surface area contributed by atoms with E-state index in [4.69, 9.17) is 14.2 Å². The molecule has 0 spiro atoms. The number of methoxy groups -OCH3 is 1. The van der Waals surface area contributed by atoms with Crippen LogP contribution in [0.2, 0.25) is 0 Å². The molecule has 0 aliphatic carbocycles. The van der Waals surface area contributed by atoms with Crippen LogP contribution < -0.4 is 19.1 Å². The molecular weight excluding hydrogens is 603 g/mol. The molecule has 0 aromatic heterocycles. The van der Waals surface area contributed by atoms with E-state index in [2.05, 4.69) is 5.32 Å². The van der Waals surface area contributed by atoms with Gasteiger partial charge in [-0.3, -0.25) is 9.10 Å². The number of nitrogens with one attached hydrogen (secondary N) is 1. The molecule has 0 bridgehead atoms. The number of hydrogen-bond donors (Lipinski definition) is 1. The monoisotopic (exact) mass is 635 g/mol. The fourth-order valence-corrected chi connectivity index (χ4v) is 7.53. The van der Waals surface area contributed by atoms with Gasteiger partial charge in [-0.05, 0) is 79.9 Å². The van der Waals surface area contributed by atoms with Crippen LogP contribution in [-0.2, 0) is 29.6 Å². The lowest BCUT2D eigenvalue weighted by Gasteiger charge is -2.26. The maximum absolute atomic E-state index is 13.8. The van der Waals surface area contributed by atoms with E-state index < -0.39 is 32.5 Å². The Hall–Kier alpha value is -3.30. The minimum atomic E-state index is -4.18. The molecule has 1 fully saturated rings. The van der Waals surface area contributed by atoms with E-state index in [-0.39, 0.29) is 53.2 Å². The summed E-state index contributed by atoms with van der Waals surface area (Å²) in [5.41, 5.74) is 0.336. The Bertz CT molecular complexity index is 1590.